The van der Waals surface area contributed by atoms with E-state index in [2.05, 4.69) is 86.8 Å². The lowest BCUT2D eigenvalue weighted by Gasteiger charge is -2.19. The molecular formula is C45H74NO9P. The Labute approximate surface area is 339 Å². The van der Waals surface area contributed by atoms with Gasteiger partial charge in [0.15, 0.2) is 6.10 Å². The fourth-order valence-corrected chi connectivity index (χ4v) is 6.25. The molecule has 11 heteroatoms. The Kier molecular flexibility index (Phi) is 33.3. The maximum Gasteiger partial charge on any atom is 0.472 e. The number of unbranched alkanes of at least 4 members (excludes halogenated alkanes) is 7. The number of phosphoric ester groups is 1. The molecule has 4 atom stereocenters. The van der Waals surface area contributed by atoms with Crippen LogP contribution in [0.5, 0.6) is 0 Å². The molecule has 1 heterocycles. The van der Waals surface area contributed by atoms with Crippen molar-refractivity contribution in [3.8, 4) is 0 Å². The Morgan fingerprint density at radius 1 is 0.661 bits per heavy atom. The Balaban J connectivity index is 2.27. The van der Waals surface area contributed by atoms with Gasteiger partial charge >= 0.3 is 19.8 Å². The molecule has 56 heavy (non-hydrogen) atoms. The largest absolute Gasteiger partial charge is 0.472 e. The molecule has 3 unspecified atom stereocenters. The van der Waals surface area contributed by atoms with Crippen molar-refractivity contribution in [2.75, 3.05) is 26.4 Å². The molecule has 0 aliphatic carbocycles. The van der Waals surface area contributed by atoms with Crippen LogP contribution in [-0.4, -0.2) is 61.5 Å². The van der Waals surface area contributed by atoms with E-state index in [0.717, 1.165) is 83.5 Å². The highest BCUT2D eigenvalue weighted by Crippen LogP contribution is 2.43. The summed E-state index contributed by atoms with van der Waals surface area (Å²) >= 11 is 0. The molecule has 1 aliphatic heterocycles. The van der Waals surface area contributed by atoms with Crippen molar-refractivity contribution in [3.63, 3.8) is 0 Å². The lowest BCUT2D eigenvalue weighted by molar-refractivity contribution is -0.161. The lowest BCUT2D eigenvalue weighted by Crippen LogP contribution is -2.29. The van der Waals surface area contributed by atoms with Gasteiger partial charge in [-0.2, -0.15) is 0 Å². The molecule has 0 spiro atoms. The van der Waals surface area contributed by atoms with E-state index in [4.69, 9.17) is 29.0 Å². The third-order valence-corrected chi connectivity index (χ3v) is 9.69. The monoisotopic (exact) mass is 804 g/mol. The third-order valence-electron chi connectivity index (χ3n) is 8.70. The molecule has 1 saturated heterocycles. The molecule has 0 aromatic rings. The van der Waals surface area contributed by atoms with Gasteiger partial charge in [0.1, 0.15) is 6.61 Å². The fraction of sp³-hybridized carbons (Fsp3) is 0.644. The van der Waals surface area contributed by atoms with Crippen LogP contribution in [0.4, 0.5) is 0 Å². The average Bonchev–Trinajstić information content (AvgIpc) is 3.94. The minimum absolute atomic E-state index is 0.0328. The Hall–Kier alpha value is -2.85. The van der Waals surface area contributed by atoms with E-state index < -0.39 is 32.5 Å². The SMILES string of the molecule is CC/C=C\C/C=C\C/C=C\C/C=C\C/C=C\C/C=C\CCC(=O)O[C@H](COC(=O)CCCCCCCC1OC1C/C=C\CCCCC)COP(=O)(O)OCCN. The molecule has 1 fully saturated rings. The molecule has 0 aromatic heterocycles. The number of ether oxygens (including phenoxy) is 3. The first kappa shape index (κ1) is 51.2. The zero-order valence-electron chi connectivity index (χ0n) is 34.5. The topological polar surface area (TPSA) is 147 Å². The van der Waals surface area contributed by atoms with Crippen LogP contribution in [0.3, 0.4) is 0 Å². The van der Waals surface area contributed by atoms with Crippen LogP contribution in [0, 0.1) is 0 Å². The van der Waals surface area contributed by atoms with E-state index in [1.807, 2.05) is 12.2 Å². The van der Waals surface area contributed by atoms with Crippen molar-refractivity contribution in [3.05, 3.63) is 85.1 Å². The summed E-state index contributed by atoms with van der Waals surface area (Å²) in [5.74, 6) is -0.959. The van der Waals surface area contributed by atoms with Gasteiger partial charge in [0.05, 0.1) is 25.4 Å². The summed E-state index contributed by atoms with van der Waals surface area (Å²) in [5, 5.41) is 0. The summed E-state index contributed by atoms with van der Waals surface area (Å²) in [5.41, 5.74) is 5.34. The van der Waals surface area contributed by atoms with Crippen molar-refractivity contribution in [2.24, 2.45) is 5.73 Å². The molecule has 0 amide bonds. The normalized spacial score (nSPS) is 17.8. The first-order chi connectivity index (χ1) is 27.3. The Morgan fingerprint density at radius 3 is 1.88 bits per heavy atom. The zero-order chi connectivity index (χ0) is 40.8. The molecule has 0 bridgehead atoms. The zero-order valence-corrected chi connectivity index (χ0v) is 35.4. The van der Waals surface area contributed by atoms with Gasteiger partial charge in [0.25, 0.3) is 0 Å². The van der Waals surface area contributed by atoms with Gasteiger partial charge in [-0.25, -0.2) is 4.57 Å². The minimum Gasteiger partial charge on any atom is -0.462 e. The summed E-state index contributed by atoms with van der Waals surface area (Å²) in [4.78, 5) is 34.9. The summed E-state index contributed by atoms with van der Waals surface area (Å²) in [6.07, 6.45) is 47.9. The van der Waals surface area contributed by atoms with Gasteiger partial charge in [-0.05, 0) is 77.0 Å². The number of phosphoric acid groups is 1. The second kappa shape index (κ2) is 36.5. The second-order valence-corrected chi connectivity index (χ2v) is 15.3. The predicted molar refractivity (Wildman–Crippen MR) is 228 cm³/mol. The van der Waals surface area contributed by atoms with Crippen molar-refractivity contribution >= 4 is 19.8 Å². The number of carbonyl (C=O) groups excluding carboxylic acids is 2. The first-order valence-corrected chi connectivity index (χ1v) is 22.7. The van der Waals surface area contributed by atoms with Crippen LogP contribution in [0.25, 0.3) is 0 Å². The van der Waals surface area contributed by atoms with Crippen LogP contribution in [0.1, 0.15) is 142 Å². The number of hydrogen-bond donors (Lipinski definition) is 2. The standard InChI is InChI=1S/C45H74NO9P/c1-3-5-7-9-11-12-13-14-15-16-17-18-19-20-21-22-23-27-32-36-45(48)54-41(40-53-56(49,50)52-38-37-46)39-51-44(47)35-31-28-24-26-30-34-43-42(55-43)33-29-25-10-8-6-4-2/h5,7,11-12,14-15,17-18,20-21,23,25,27,29,41-43H,3-4,6,8-10,13,16,19,22,24,26,28,30-40,46H2,1-2H3,(H,49,50)/b7-5-,12-11-,15-14-,18-17-,21-20-,27-23-,29-25-/t41-,42?,43?/m1/s1. The van der Waals surface area contributed by atoms with Crippen LogP contribution in [-0.2, 0) is 37.4 Å². The van der Waals surface area contributed by atoms with Gasteiger partial charge in [-0.15, -0.1) is 0 Å². The van der Waals surface area contributed by atoms with Crippen molar-refractivity contribution in [1.82, 2.24) is 0 Å². The second-order valence-electron chi connectivity index (χ2n) is 13.9. The Bertz CT molecular complexity index is 1260. The van der Waals surface area contributed by atoms with Crippen molar-refractivity contribution < 1.29 is 42.3 Å². The van der Waals surface area contributed by atoms with E-state index in [0.29, 0.717) is 25.0 Å². The molecule has 1 aliphatic rings. The van der Waals surface area contributed by atoms with Crippen LogP contribution >= 0.6 is 7.82 Å². The molecule has 0 radical (unpaired) electrons. The maximum atomic E-state index is 12.6. The third kappa shape index (κ3) is 33.3. The summed E-state index contributed by atoms with van der Waals surface area (Å²) in [6.45, 7) is 3.45. The molecule has 10 nitrogen and oxygen atoms in total. The maximum absolute atomic E-state index is 12.6. The van der Waals surface area contributed by atoms with Gasteiger partial charge in [0.2, 0.25) is 0 Å². The minimum atomic E-state index is -4.41. The van der Waals surface area contributed by atoms with Crippen LogP contribution in [0.2, 0.25) is 0 Å². The fourth-order valence-electron chi connectivity index (χ4n) is 5.49. The first-order valence-electron chi connectivity index (χ1n) is 21.2. The molecule has 318 valence electrons. The number of hydrogen-bond acceptors (Lipinski definition) is 9. The smallest absolute Gasteiger partial charge is 0.462 e. The number of allylic oxidation sites excluding steroid dienone is 13. The van der Waals surface area contributed by atoms with Crippen molar-refractivity contribution in [1.29, 1.82) is 0 Å². The molecule has 3 N–H and O–H groups in total. The van der Waals surface area contributed by atoms with E-state index in [1.54, 1.807) is 0 Å². The van der Waals surface area contributed by atoms with E-state index >= 15 is 0 Å². The molecule has 1 rings (SSSR count). The number of epoxide rings is 1. The van der Waals surface area contributed by atoms with Crippen LogP contribution in [0.15, 0.2) is 85.1 Å². The summed E-state index contributed by atoms with van der Waals surface area (Å²) in [7, 11) is -4.41. The number of esters is 2. The quantitative estimate of drug-likeness (QED) is 0.0204. The lowest BCUT2D eigenvalue weighted by atomic mass is 10.1. The summed E-state index contributed by atoms with van der Waals surface area (Å²) < 4.78 is 38.5. The van der Waals surface area contributed by atoms with E-state index in [9.17, 15) is 19.0 Å². The molecule has 0 aromatic carbocycles. The number of nitrogens with two attached hydrogens (primary N) is 1. The summed E-state index contributed by atoms with van der Waals surface area (Å²) in [6, 6.07) is 0. The average molecular weight is 804 g/mol. The van der Waals surface area contributed by atoms with E-state index in [-0.39, 0.29) is 32.6 Å². The van der Waals surface area contributed by atoms with Gasteiger partial charge in [-0.3, -0.25) is 18.6 Å². The number of rotatable bonds is 37. The van der Waals surface area contributed by atoms with Gasteiger partial charge in [0, 0.05) is 19.4 Å². The van der Waals surface area contributed by atoms with Gasteiger partial charge in [-0.1, -0.05) is 137 Å². The highest BCUT2D eigenvalue weighted by atomic mass is 31.2. The predicted octanol–water partition coefficient (Wildman–Crippen LogP) is 11.0. The van der Waals surface area contributed by atoms with Crippen LogP contribution < -0.4 is 5.73 Å². The highest BCUT2D eigenvalue weighted by molar-refractivity contribution is 7.47. The molecular weight excluding hydrogens is 729 g/mol. The van der Waals surface area contributed by atoms with E-state index in [1.165, 1.54) is 19.3 Å². The molecule has 0 saturated carbocycles. The Morgan fingerprint density at radius 2 is 1.25 bits per heavy atom. The van der Waals surface area contributed by atoms with Gasteiger partial charge < -0.3 is 24.8 Å². The van der Waals surface area contributed by atoms with Crippen molar-refractivity contribution in [2.45, 2.75) is 161 Å². The highest BCUT2D eigenvalue weighted by Gasteiger charge is 2.36. The number of carbonyl (C=O) groups is 2.